The second-order valence-corrected chi connectivity index (χ2v) is 6.58. The van der Waals surface area contributed by atoms with Crippen molar-refractivity contribution >= 4 is 17.1 Å². The molecule has 2 aromatic rings. The summed E-state index contributed by atoms with van der Waals surface area (Å²) in [6, 6.07) is 6.11. The fourth-order valence-corrected chi connectivity index (χ4v) is 2.71. The molecule has 0 spiro atoms. The van der Waals surface area contributed by atoms with Gasteiger partial charge in [-0.3, -0.25) is 0 Å². The number of H-pyrrole nitrogens is 1. The summed E-state index contributed by atoms with van der Waals surface area (Å²) in [6.07, 6.45) is 2.51. The molecule has 1 saturated heterocycles. The van der Waals surface area contributed by atoms with Gasteiger partial charge in [0.05, 0.1) is 0 Å². The molecule has 1 amide bonds. The third kappa shape index (κ3) is 3.01. The first-order valence-corrected chi connectivity index (χ1v) is 7.34. The summed E-state index contributed by atoms with van der Waals surface area (Å²) >= 11 is 0. The Morgan fingerprint density at radius 1 is 1.48 bits per heavy atom. The van der Waals surface area contributed by atoms with E-state index in [1.54, 1.807) is 11.1 Å². The minimum Gasteiger partial charge on any atom is -0.444 e. The molecule has 0 aliphatic carbocycles. The van der Waals surface area contributed by atoms with Gasteiger partial charge in [-0.25, -0.2) is 9.78 Å². The molecule has 3 heterocycles. The smallest absolute Gasteiger partial charge is 0.410 e. The lowest BCUT2D eigenvalue weighted by Crippen LogP contribution is -2.35. The maximum Gasteiger partial charge on any atom is 0.410 e. The van der Waals surface area contributed by atoms with Crippen molar-refractivity contribution in [3.05, 3.63) is 30.1 Å². The van der Waals surface area contributed by atoms with E-state index in [9.17, 15) is 4.79 Å². The summed E-state index contributed by atoms with van der Waals surface area (Å²) in [5, 5.41) is 1.11. The van der Waals surface area contributed by atoms with Crippen LogP contribution in [0.1, 0.15) is 38.8 Å². The molecule has 1 unspecified atom stereocenters. The lowest BCUT2D eigenvalue weighted by atomic mass is 10.1. The Morgan fingerprint density at radius 2 is 2.29 bits per heavy atom. The normalized spacial score (nSPS) is 19.2. The van der Waals surface area contributed by atoms with E-state index in [0.717, 1.165) is 29.7 Å². The number of pyridine rings is 1. The molecule has 2 aromatic heterocycles. The van der Waals surface area contributed by atoms with Gasteiger partial charge in [0.15, 0.2) is 0 Å². The highest BCUT2D eigenvalue weighted by atomic mass is 16.6. The molecular weight excluding hydrogens is 266 g/mol. The molecule has 112 valence electrons. The average Bonchev–Trinajstić information content (AvgIpc) is 3.03. The Morgan fingerprint density at radius 3 is 3.00 bits per heavy atom. The molecule has 5 nitrogen and oxygen atoms in total. The van der Waals surface area contributed by atoms with Gasteiger partial charge in [-0.05, 0) is 45.4 Å². The number of carbonyl (C=O) groups is 1. The minimum atomic E-state index is -0.444. The maximum atomic E-state index is 12.1. The number of fused-ring (bicyclic) bond motifs is 1. The van der Waals surface area contributed by atoms with E-state index >= 15 is 0 Å². The van der Waals surface area contributed by atoms with Crippen molar-refractivity contribution < 1.29 is 9.53 Å². The van der Waals surface area contributed by atoms with Gasteiger partial charge in [0.2, 0.25) is 0 Å². The Hall–Kier alpha value is -2.04. The maximum absolute atomic E-state index is 12.1. The first kappa shape index (κ1) is 13.9. The van der Waals surface area contributed by atoms with Crippen molar-refractivity contribution in [2.24, 2.45) is 0 Å². The Labute approximate surface area is 124 Å². The number of amides is 1. The van der Waals surface area contributed by atoms with Crippen molar-refractivity contribution in [2.45, 2.75) is 38.7 Å². The molecule has 1 atom stereocenters. The molecule has 0 saturated carbocycles. The van der Waals surface area contributed by atoms with Gasteiger partial charge in [-0.1, -0.05) is 0 Å². The van der Waals surface area contributed by atoms with Crippen molar-refractivity contribution in [2.75, 3.05) is 13.1 Å². The van der Waals surface area contributed by atoms with Crippen LogP contribution in [0.4, 0.5) is 4.79 Å². The molecule has 1 aliphatic heterocycles. The number of hydrogen-bond acceptors (Lipinski definition) is 3. The van der Waals surface area contributed by atoms with Crippen molar-refractivity contribution in [1.29, 1.82) is 0 Å². The van der Waals surface area contributed by atoms with E-state index in [4.69, 9.17) is 4.74 Å². The number of rotatable bonds is 1. The van der Waals surface area contributed by atoms with Crippen LogP contribution in [0.5, 0.6) is 0 Å². The zero-order valence-corrected chi connectivity index (χ0v) is 12.7. The summed E-state index contributed by atoms with van der Waals surface area (Å²) in [4.78, 5) is 21.5. The standard InChI is InChI=1S/C16H21N3O2/c1-16(2,3)21-15(20)19-8-6-12(10-19)13-9-11-5-4-7-17-14(11)18-13/h4-5,7,9,12H,6,8,10H2,1-3H3,(H,17,18). The van der Waals surface area contributed by atoms with Gasteiger partial charge < -0.3 is 14.6 Å². The number of aromatic amines is 1. The number of nitrogens with one attached hydrogen (secondary N) is 1. The van der Waals surface area contributed by atoms with Crippen LogP contribution in [0.15, 0.2) is 24.4 Å². The van der Waals surface area contributed by atoms with Crippen molar-refractivity contribution in [3.63, 3.8) is 0 Å². The van der Waals surface area contributed by atoms with Gasteiger partial charge in [0.1, 0.15) is 11.2 Å². The molecule has 21 heavy (non-hydrogen) atoms. The zero-order valence-electron chi connectivity index (χ0n) is 12.7. The van der Waals surface area contributed by atoms with E-state index in [1.165, 1.54) is 0 Å². The van der Waals surface area contributed by atoms with Gasteiger partial charge in [0.25, 0.3) is 0 Å². The summed E-state index contributed by atoms with van der Waals surface area (Å²) in [6.45, 7) is 7.11. The topological polar surface area (TPSA) is 58.2 Å². The van der Waals surface area contributed by atoms with Gasteiger partial charge in [-0.15, -0.1) is 0 Å². The molecule has 5 heteroatoms. The van der Waals surface area contributed by atoms with Crippen molar-refractivity contribution in [3.8, 4) is 0 Å². The lowest BCUT2D eigenvalue weighted by Gasteiger charge is -2.24. The average molecular weight is 287 g/mol. The summed E-state index contributed by atoms with van der Waals surface area (Å²) in [7, 11) is 0. The van der Waals surface area contributed by atoms with Crippen LogP contribution in [0.3, 0.4) is 0 Å². The fraction of sp³-hybridized carbons (Fsp3) is 0.500. The molecule has 0 bridgehead atoms. The Kier molecular flexibility index (Phi) is 3.35. The predicted molar refractivity (Wildman–Crippen MR) is 81.3 cm³/mol. The van der Waals surface area contributed by atoms with Crippen LogP contribution in [-0.2, 0) is 4.74 Å². The third-order valence-electron chi connectivity index (χ3n) is 3.69. The quantitative estimate of drug-likeness (QED) is 0.875. The number of nitrogens with zero attached hydrogens (tertiary/aromatic N) is 2. The summed E-state index contributed by atoms with van der Waals surface area (Å²) in [5.74, 6) is 0.326. The number of hydrogen-bond donors (Lipinski definition) is 1. The fourth-order valence-electron chi connectivity index (χ4n) is 2.71. The van der Waals surface area contributed by atoms with Gasteiger partial charge >= 0.3 is 6.09 Å². The summed E-state index contributed by atoms with van der Waals surface area (Å²) < 4.78 is 5.43. The van der Waals surface area contributed by atoms with E-state index in [-0.39, 0.29) is 6.09 Å². The number of likely N-dealkylation sites (tertiary alicyclic amines) is 1. The van der Waals surface area contributed by atoms with E-state index in [0.29, 0.717) is 12.5 Å². The molecule has 3 rings (SSSR count). The molecule has 0 aromatic carbocycles. The minimum absolute atomic E-state index is 0.223. The van der Waals surface area contributed by atoms with Gasteiger partial charge in [0, 0.05) is 36.3 Å². The third-order valence-corrected chi connectivity index (χ3v) is 3.69. The Bertz CT molecular complexity index is 624. The number of ether oxygens (including phenoxy) is 1. The number of carbonyl (C=O) groups excluding carboxylic acids is 1. The monoisotopic (exact) mass is 287 g/mol. The predicted octanol–water partition coefficient (Wildman–Crippen LogP) is 3.29. The first-order chi connectivity index (χ1) is 9.92. The van der Waals surface area contributed by atoms with E-state index < -0.39 is 5.60 Å². The Balaban J connectivity index is 1.70. The molecule has 0 radical (unpaired) electrons. The molecule has 1 aliphatic rings. The highest BCUT2D eigenvalue weighted by Gasteiger charge is 2.31. The first-order valence-electron chi connectivity index (χ1n) is 7.34. The zero-order chi connectivity index (χ0) is 15.0. The largest absolute Gasteiger partial charge is 0.444 e. The lowest BCUT2D eigenvalue weighted by molar-refractivity contribution is 0.0292. The van der Waals surface area contributed by atoms with E-state index in [2.05, 4.69) is 16.0 Å². The van der Waals surface area contributed by atoms with Crippen LogP contribution in [0, 0.1) is 0 Å². The molecule has 1 fully saturated rings. The van der Waals surface area contributed by atoms with E-state index in [1.807, 2.05) is 32.9 Å². The summed E-state index contributed by atoms with van der Waals surface area (Å²) in [5.41, 5.74) is 1.61. The van der Waals surface area contributed by atoms with Crippen LogP contribution < -0.4 is 0 Å². The second kappa shape index (κ2) is 5.06. The highest BCUT2D eigenvalue weighted by Crippen LogP contribution is 2.29. The van der Waals surface area contributed by atoms with Crippen LogP contribution >= 0.6 is 0 Å². The second-order valence-electron chi connectivity index (χ2n) is 6.58. The SMILES string of the molecule is CC(C)(C)OC(=O)N1CCC(c2cc3cccnc3[nH]2)C1. The molecule has 1 N–H and O–H groups in total. The van der Waals surface area contributed by atoms with Crippen molar-refractivity contribution in [1.82, 2.24) is 14.9 Å². The van der Waals surface area contributed by atoms with Crippen LogP contribution in [0.25, 0.3) is 11.0 Å². The van der Waals surface area contributed by atoms with Crippen LogP contribution in [-0.4, -0.2) is 39.7 Å². The van der Waals surface area contributed by atoms with Crippen LogP contribution in [0.2, 0.25) is 0 Å². The molecular formula is C16H21N3O2. The van der Waals surface area contributed by atoms with Gasteiger partial charge in [-0.2, -0.15) is 0 Å². The highest BCUT2D eigenvalue weighted by molar-refractivity contribution is 5.76. The number of aromatic nitrogens is 2.